The number of rotatable bonds is 6. The highest BCUT2D eigenvalue weighted by Gasteiger charge is 2.63. The number of aliphatic carboxylic acids is 1. The van der Waals surface area contributed by atoms with E-state index >= 15 is 4.39 Å². The molecule has 5 saturated carbocycles. The van der Waals surface area contributed by atoms with E-state index in [9.17, 15) is 19.8 Å². The minimum Gasteiger partial charge on any atom is -0.493 e. The van der Waals surface area contributed by atoms with Gasteiger partial charge in [0.15, 0.2) is 0 Å². The van der Waals surface area contributed by atoms with Crippen molar-refractivity contribution in [2.75, 3.05) is 13.2 Å². The molecule has 1 aromatic carbocycles. The molecule has 2 N–H and O–H groups in total. The molecule has 0 spiro atoms. The number of aliphatic hydroxyl groups excluding tert-OH is 1. The number of carboxylic acids is 1. The molecule has 6 aliphatic rings. The molecule has 1 heterocycles. The molecule has 1 amide bonds. The lowest BCUT2D eigenvalue weighted by Crippen LogP contribution is -2.41. The molecule has 4 atom stereocenters. The third-order valence-corrected chi connectivity index (χ3v) is 8.73. The average Bonchev–Trinajstić information content (AvgIpc) is 3.02. The van der Waals surface area contributed by atoms with E-state index in [-0.39, 0.29) is 29.9 Å². The molecule has 7 heteroatoms. The summed E-state index contributed by atoms with van der Waals surface area (Å²) >= 11 is 0. The first kappa shape index (κ1) is 19.5. The number of halogens is 1. The molecule has 2 unspecified atom stereocenters. The van der Waals surface area contributed by atoms with Gasteiger partial charge in [-0.1, -0.05) is 0 Å². The molecule has 5 aliphatic carbocycles. The topological polar surface area (TPSA) is 87.1 Å². The van der Waals surface area contributed by atoms with Crippen LogP contribution < -0.4 is 4.74 Å². The standard InChI is InChI=1S/C24H28FNO5/c25-19-7-21(31-11-24-8-13-3-15(24)4-14(13)9-24)17(12-1-2-12)6-18(19)22(28)26-10-16(27)5-20(26)23(29)30/h6-7,12-16,20,27H,1-5,8-11H2,(H,29,30)/t13?,14?,15?,16-,20-,24?/m0/s1. The van der Waals surface area contributed by atoms with E-state index < -0.39 is 29.8 Å². The Kier molecular flexibility index (Phi) is 4.20. The summed E-state index contributed by atoms with van der Waals surface area (Å²) in [4.78, 5) is 25.6. The van der Waals surface area contributed by atoms with Gasteiger partial charge in [0.2, 0.25) is 0 Å². The number of carboxylic acid groups (broad SMARTS) is 1. The Bertz CT molecular complexity index is 946. The van der Waals surface area contributed by atoms with Gasteiger partial charge in [-0.2, -0.15) is 0 Å². The summed E-state index contributed by atoms with van der Waals surface area (Å²) in [6.07, 6.45) is 6.11. The Balaban J connectivity index is 1.26. The monoisotopic (exact) mass is 429 g/mol. The Labute approximate surface area is 180 Å². The van der Waals surface area contributed by atoms with Crippen molar-refractivity contribution in [2.45, 2.75) is 63.0 Å². The second-order valence-corrected chi connectivity index (χ2v) is 10.6. The Morgan fingerprint density at radius 2 is 1.87 bits per heavy atom. The third kappa shape index (κ3) is 2.99. The molecule has 1 aliphatic heterocycles. The first-order chi connectivity index (χ1) is 14.8. The highest BCUT2D eigenvalue weighted by Crippen LogP contribution is 2.70. The van der Waals surface area contributed by atoms with Crippen molar-refractivity contribution in [1.29, 1.82) is 0 Å². The quantitative estimate of drug-likeness (QED) is 0.725. The van der Waals surface area contributed by atoms with Crippen molar-refractivity contribution in [1.82, 2.24) is 4.90 Å². The summed E-state index contributed by atoms with van der Waals surface area (Å²) in [5.41, 5.74) is 0.978. The van der Waals surface area contributed by atoms with Crippen LogP contribution in [-0.2, 0) is 4.79 Å². The van der Waals surface area contributed by atoms with Crippen LogP contribution in [0.2, 0.25) is 0 Å². The second-order valence-electron chi connectivity index (χ2n) is 10.6. The maximum Gasteiger partial charge on any atom is 0.326 e. The van der Waals surface area contributed by atoms with E-state index in [1.165, 1.54) is 31.7 Å². The number of hydrogen-bond donors (Lipinski definition) is 2. The molecule has 166 valence electrons. The molecule has 31 heavy (non-hydrogen) atoms. The van der Waals surface area contributed by atoms with E-state index in [2.05, 4.69) is 0 Å². The van der Waals surface area contributed by atoms with Crippen LogP contribution in [0.1, 0.15) is 66.8 Å². The summed E-state index contributed by atoms with van der Waals surface area (Å²) in [6, 6.07) is 1.76. The molecule has 7 rings (SSSR count). The number of carbonyl (C=O) groups is 2. The number of nitrogens with zero attached hydrogens (tertiary/aromatic N) is 1. The van der Waals surface area contributed by atoms with Crippen LogP contribution in [0.15, 0.2) is 12.1 Å². The Morgan fingerprint density at radius 3 is 2.45 bits per heavy atom. The van der Waals surface area contributed by atoms with Crippen LogP contribution in [-0.4, -0.2) is 52.3 Å². The van der Waals surface area contributed by atoms with E-state index in [0.29, 0.717) is 12.4 Å². The van der Waals surface area contributed by atoms with Gasteiger partial charge >= 0.3 is 5.97 Å². The van der Waals surface area contributed by atoms with Crippen molar-refractivity contribution < 1.29 is 28.9 Å². The Morgan fingerprint density at radius 1 is 1.16 bits per heavy atom. The number of ether oxygens (including phenoxy) is 1. The van der Waals surface area contributed by atoms with Crippen molar-refractivity contribution in [3.63, 3.8) is 0 Å². The average molecular weight is 429 g/mol. The zero-order valence-electron chi connectivity index (χ0n) is 17.4. The first-order valence-electron chi connectivity index (χ1n) is 11.5. The second kappa shape index (κ2) is 6.67. The molecule has 6 nitrogen and oxygen atoms in total. The van der Waals surface area contributed by atoms with Crippen molar-refractivity contribution in [3.8, 4) is 5.75 Å². The summed E-state index contributed by atoms with van der Waals surface area (Å²) in [6.45, 7) is 0.523. The third-order valence-electron chi connectivity index (χ3n) is 8.73. The zero-order chi connectivity index (χ0) is 21.5. The summed E-state index contributed by atoms with van der Waals surface area (Å²) < 4.78 is 21.3. The zero-order valence-corrected chi connectivity index (χ0v) is 17.4. The summed E-state index contributed by atoms with van der Waals surface area (Å²) in [5, 5.41) is 19.3. The molecule has 0 aromatic heterocycles. The summed E-state index contributed by atoms with van der Waals surface area (Å²) in [5.74, 6) is 0.694. The van der Waals surface area contributed by atoms with Gasteiger partial charge in [0, 0.05) is 24.4 Å². The molecular weight excluding hydrogens is 401 g/mol. The van der Waals surface area contributed by atoms with Crippen molar-refractivity contribution in [2.24, 2.45) is 23.2 Å². The summed E-state index contributed by atoms with van der Waals surface area (Å²) in [7, 11) is 0. The highest BCUT2D eigenvalue weighted by atomic mass is 19.1. The van der Waals surface area contributed by atoms with Gasteiger partial charge in [-0.25, -0.2) is 9.18 Å². The van der Waals surface area contributed by atoms with Crippen LogP contribution in [0.25, 0.3) is 0 Å². The Hall–Kier alpha value is -2.15. The predicted octanol–water partition coefficient (Wildman–Crippen LogP) is 3.18. The van der Waals surface area contributed by atoms with Crippen molar-refractivity contribution >= 4 is 11.9 Å². The number of β-amino-alcohol motifs (C(OH)–C–C–N with tert-alkyl or cyclic N) is 1. The first-order valence-corrected chi connectivity index (χ1v) is 11.5. The van der Waals surface area contributed by atoms with Crippen molar-refractivity contribution in [3.05, 3.63) is 29.1 Å². The highest BCUT2D eigenvalue weighted by molar-refractivity contribution is 5.97. The lowest BCUT2D eigenvalue weighted by atomic mass is 9.82. The van der Waals surface area contributed by atoms with Crippen LogP contribution in [0, 0.1) is 29.0 Å². The number of carbonyl (C=O) groups excluding carboxylic acids is 1. The van der Waals surface area contributed by atoms with Gasteiger partial charge in [-0.15, -0.1) is 0 Å². The SMILES string of the molecule is O=C(O)[C@@H]1C[C@H](O)CN1C(=O)c1cc(C2CC2)c(OCC23CC4CC2CC4C3)cc1F. The lowest BCUT2D eigenvalue weighted by molar-refractivity contribution is -0.141. The normalized spacial score (nSPS) is 37.7. The van der Waals surface area contributed by atoms with Crippen LogP contribution in [0.3, 0.4) is 0 Å². The van der Waals surface area contributed by atoms with Gasteiger partial charge in [0.05, 0.1) is 18.3 Å². The minimum absolute atomic E-state index is 0.0371. The van der Waals surface area contributed by atoms with Gasteiger partial charge in [-0.3, -0.25) is 4.79 Å². The molecule has 4 bridgehead atoms. The smallest absolute Gasteiger partial charge is 0.326 e. The van der Waals surface area contributed by atoms with Crippen LogP contribution in [0.4, 0.5) is 4.39 Å². The van der Waals surface area contributed by atoms with E-state index in [1.807, 2.05) is 0 Å². The van der Waals surface area contributed by atoms with E-state index in [0.717, 1.165) is 41.1 Å². The van der Waals surface area contributed by atoms with Gasteiger partial charge in [0.25, 0.3) is 5.91 Å². The number of amides is 1. The number of aliphatic hydroxyl groups is 1. The number of benzene rings is 1. The maximum absolute atomic E-state index is 15.1. The molecule has 1 aromatic rings. The van der Waals surface area contributed by atoms with E-state index in [1.54, 1.807) is 6.07 Å². The van der Waals surface area contributed by atoms with Gasteiger partial charge in [0.1, 0.15) is 17.6 Å². The fraction of sp³-hybridized carbons (Fsp3) is 0.667. The molecule has 1 saturated heterocycles. The minimum atomic E-state index is -1.18. The molecular formula is C24H28FNO5. The van der Waals surface area contributed by atoms with Crippen LogP contribution >= 0.6 is 0 Å². The number of likely N-dealkylation sites (tertiary alicyclic amines) is 1. The molecule has 0 radical (unpaired) electrons. The number of hydrogen-bond acceptors (Lipinski definition) is 4. The lowest BCUT2D eigenvalue weighted by Gasteiger charge is -2.29. The predicted molar refractivity (Wildman–Crippen MR) is 108 cm³/mol. The van der Waals surface area contributed by atoms with E-state index in [4.69, 9.17) is 4.74 Å². The van der Waals surface area contributed by atoms with Gasteiger partial charge in [-0.05, 0) is 73.8 Å². The maximum atomic E-state index is 15.1. The fourth-order valence-corrected chi connectivity index (χ4v) is 7.13. The fourth-order valence-electron chi connectivity index (χ4n) is 7.13. The van der Waals surface area contributed by atoms with Gasteiger partial charge < -0.3 is 19.8 Å². The molecule has 6 fully saturated rings. The van der Waals surface area contributed by atoms with Crippen LogP contribution in [0.5, 0.6) is 5.75 Å². The largest absolute Gasteiger partial charge is 0.493 e.